The summed E-state index contributed by atoms with van der Waals surface area (Å²) >= 11 is 0. The standard InChI is InChI=1S/C12H13N3O/c16-12(8-13-9-12)10-4-1-2-5-11(10)15-7-3-6-14-15/h1-7,13,16H,8-9H2. The second-order valence-electron chi connectivity index (χ2n) is 4.10. The molecule has 4 heteroatoms. The predicted octanol–water partition coefficient (Wildman–Crippen LogP) is 0.663. The molecule has 0 bridgehead atoms. The average Bonchev–Trinajstić information content (AvgIpc) is 2.79. The van der Waals surface area contributed by atoms with Gasteiger partial charge in [0.2, 0.25) is 0 Å². The van der Waals surface area contributed by atoms with Gasteiger partial charge in [0.15, 0.2) is 0 Å². The molecule has 1 aliphatic heterocycles. The SMILES string of the molecule is OC1(c2ccccc2-n2cccn2)CNC1. The molecule has 0 spiro atoms. The minimum absolute atomic E-state index is 0.602. The molecule has 0 aliphatic carbocycles. The van der Waals surface area contributed by atoms with E-state index >= 15 is 0 Å². The number of benzene rings is 1. The lowest BCUT2D eigenvalue weighted by Gasteiger charge is -2.39. The largest absolute Gasteiger partial charge is 0.382 e. The molecule has 0 saturated carbocycles. The van der Waals surface area contributed by atoms with E-state index in [1.807, 2.05) is 36.5 Å². The van der Waals surface area contributed by atoms with Gasteiger partial charge in [-0.2, -0.15) is 5.10 Å². The Morgan fingerprint density at radius 1 is 1.25 bits per heavy atom. The van der Waals surface area contributed by atoms with Crippen molar-refractivity contribution < 1.29 is 5.11 Å². The second kappa shape index (κ2) is 3.43. The number of aliphatic hydroxyl groups is 1. The van der Waals surface area contributed by atoms with Gasteiger partial charge in [0.25, 0.3) is 0 Å². The van der Waals surface area contributed by atoms with Gasteiger partial charge in [0.1, 0.15) is 5.60 Å². The maximum atomic E-state index is 10.4. The summed E-state index contributed by atoms with van der Waals surface area (Å²) in [6, 6.07) is 9.70. The minimum atomic E-state index is -0.747. The van der Waals surface area contributed by atoms with E-state index in [0.29, 0.717) is 13.1 Å². The van der Waals surface area contributed by atoms with Crippen molar-refractivity contribution in [3.05, 3.63) is 48.3 Å². The first-order valence-electron chi connectivity index (χ1n) is 5.32. The molecule has 1 fully saturated rings. The molecule has 4 nitrogen and oxygen atoms in total. The smallest absolute Gasteiger partial charge is 0.116 e. The van der Waals surface area contributed by atoms with Crippen LogP contribution in [0.2, 0.25) is 0 Å². The third-order valence-electron chi connectivity index (χ3n) is 2.99. The summed E-state index contributed by atoms with van der Waals surface area (Å²) in [5.74, 6) is 0. The van der Waals surface area contributed by atoms with Crippen LogP contribution in [0.1, 0.15) is 5.56 Å². The van der Waals surface area contributed by atoms with Crippen LogP contribution in [0, 0.1) is 0 Å². The number of β-amino-alcohol motifs (C(OH)–C–C–N with tert-alkyl or cyclic N) is 1. The molecule has 1 saturated heterocycles. The molecular formula is C12H13N3O. The van der Waals surface area contributed by atoms with Crippen LogP contribution >= 0.6 is 0 Å². The summed E-state index contributed by atoms with van der Waals surface area (Å²) in [6.45, 7) is 1.20. The van der Waals surface area contributed by atoms with Crippen molar-refractivity contribution in [2.75, 3.05) is 13.1 Å². The Hall–Kier alpha value is -1.65. The zero-order valence-electron chi connectivity index (χ0n) is 8.80. The summed E-state index contributed by atoms with van der Waals surface area (Å²) in [7, 11) is 0. The van der Waals surface area contributed by atoms with Gasteiger partial charge in [0, 0.05) is 31.0 Å². The number of rotatable bonds is 2. The first-order valence-corrected chi connectivity index (χ1v) is 5.32. The number of hydrogen-bond acceptors (Lipinski definition) is 3. The van der Waals surface area contributed by atoms with Crippen LogP contribution in [0.5, 0.6) is 0 Å². The van der Waals surface area contributed by atoms with Crippen LogP contribution in [-0.2, 0) is 5.60 Å². The fourth-order valence-electron chi connectivity index (χ4n) is 2.03. The third-order valence-corrected chi connectivity index (χ3v) is 2.99. The maximum Gasteiger partial charge on any atom is 0.116 e. The molecule has 2 heterocycles. The Labute approximate surface area is 93.5 Å². The number of hydrogen-bond donors (Lipinski definition) is 2. The lowest BCUT2D eigenvalue weighted by molar-refractivity contribution is -0.0147. The van der Waals surface area contributed by atoms with Gasteiger partial charge in [0.05, 0.1) is 5.69 Å². The highest BCUT2D eigenvalue weighted by Crippen LogP contribution is 2.29. The van der Waals surface area contributed by atoms with E-state index in [1.54, 1.807) is 10.9 Å². The van der Waals surface area contributed by atoms with Crippen LogP contribution in [0.15, 0.2) is 42.7 Å². The molecule has 82 valence electrons. The van der Waals surface area contributed by atoms with E-state index in [0.717, 1.165) is 11.3 Å². The first-order chi connectivity index (χ1) is 7.80. The fraction of sp³-hybridized carbons (Fsp3) is 0.250. The van der Waals surface area contributed by atoms with E-state index in [4.69, 9.17) is 0 Å². The fourth-order valence-corrected chi connectivity index (χ4v) is 2.03. The zero-order chi connectivity index (χ0) is 11.0. The molecule has 0 radical (unpaired) electrons. The third kappa shape index (κ3) is 1.35. The van der Waals surface area contributed by atoms with Crippen LogP contribution in [0.3, 0.4) is 0 Å². The Balaban J connectivity index is 2.12. The summed E-state index contributed by atoms with van der Waals surface area (Å²) in [5.41, 5.74) is 1.12. The average molecular weight is 215 g/mol. The summed E-state index contributed by atoms with van der Waals surface area (Å²) in [5, 5.41) is 17.7. The number of aromatic nitrogens is 2. The number of para-hydroxylation sites is 1. The molecule has 2 aromatic rings. The van der Waals surface area contributed by atoms with E-state index in [1.165, 1.54) is 0 Å². The van der Waals surface area contributed by atoms with Crippen molar-refractivity contribution in [2.45, 2.75) is 5.60 Å². The molecule has 0 unspecified atom stereocenters. The van der Waals surface area contributed by atoms with E-state index in [-0.39, 0.29) is 0 Å². The van der Waals surface area contributed by atoms with Gasteiger partial charge in [-0.25, -0.2) is 4.68 Å². The highest BCUT2D eigenvalue weighted by molar-refractivity contribution is 5.45. The monoisotopic (exact) mass is 215 g/mol. The van der Waals surface area contributed by atoms with Crippen molar-refractivity contribution in [1.29, 1.82) is 0 Å². The molecule has 1 aliphatic rings. The molecule has 0 amide bonds. The molecule has 0 atom stereocenters. The van der Waals surface area contributed by atoms with Crippen LogP contribution < -0.4 is 5.32 Å². The summed E-state index contributed by atoms with van der Waals surface area (Å²) < 4.78 is 1.78. The number of nitrogens with zero attached hydrogens (tertiary/aromatic N) is 2. The quantitative estimate of drug-likeness (QED) is 0.774. The van der Waals surface area contributed by atoms with Gasteiger partial charge in [-0.3, -0.25) is 0 Å². The summed E-state index contributed by atoms with van der Waals surface area (Å²) in [4.78, 5) is 0. The maximum absolute atomic E-state index is 10.4. The van der Waals surface area contributed by atoms with Crippen molar-refractivity contribution in [1.82, 2.24) is 15.1 Å². The van der Waals surface area contributed by atoms with E-state index in [9.17, 15) is 5.11 Å². The van der Waals surface area contributed by atoms with Crippen LogP contribution in [-0.4, -0.2) is 28.0 Å². The van der Waals surface area contributed by atoms with Crippen molar-refractivity contribution in [2.24, 2.45) is 0 Å². The molecule has 16 heavy (non-hydrogen) atoms. The van der Waals surface area contributed by atoms with Gasteiger partial charge < -0.3 is 10.4 Å². The lowest BCUT2D eigenvalue weighted by atomic mass is 9.87. The highest BCUT2D eigenvalue weighted by atomic mass is 16.3. The first kappa shape index (κ1) is 9.57. The molecule has 3 rings (SSSR count). The highest BCUT2D eigenvalue weighted by Gasteiger charge is 2.38. The molecule has 2 N–H and O–H groups in total. The van der Waals surface area contributed by atoms with Crippen molar-refractivity contribution in [3.8, 4) is 5.69 Å². The Bertz CT molecular complexity index is 489. The molecular weight excluding hydrogens is 202 g/mol. The molecule has 1 aromatic heterocycles. The van der Waals surface area contributed by atoms with E-state index in [2.05, 4.69) is 10.4 Å². The summed E-state index contributed by atoms with van der Waals surface area (Å²) in [6.07, 6.45) is 3.62. The van der Waals surface area contributed by atoms with Gasteiger partial charge >= 0.3 is 0 Å². The Kier molecular flexibility index (Phi) is 2.05. The topological polar surface area (TPSA) is 50.1 Å². The normalized spacial score (nSPS) is 18.1. The van der Waals surface area contributed by atoms with Gasteiger partial charge in [-0.1, -0.05) is 18.2 Å². The zero-order valence-corrected chi connectivity index (χ0v) is 8.80. The second-order valence-corrected chi connectivity index (χ2v) is 4.10. The van der Waals surface area contributed by atoms with Crippen molar-refractivity contribution >= 4 is 0 Å². The Morgan fingerprint density at radius 2 is 2.06 bits per heavy atom. The van der Waals surface area contributed by atoms with Crippen molar-refractivity contribution in [3.63, 3.8) is 0 Å². The minimum Gasteiger partial charge on any atom is -0.382 e. The van der Waals surface area contributed by atoms with Gasteiger partial charge in [-0.05, 0) is 12.1 Å². The molecule has 1 aromatic carbocycles. The van der Waals surface area contributed by atoms with Crippen LogP contribution in [0.4, 0.5) is 0 Å². The van der Waals surface area contributed by atoms with Crippen LogP contribution in [0.25, 0.3) is 5.69 Å². The van der Waals surface area contributed by atoms with E-state index < -0.39 is 5.60 Å². The lowest BCUT2D eigenvalue weighted by Crippen LogP contribution is -2.57. The van der Waals surface area contributed by atoms with Gasteiger partial charge in [-0.15, -0.1) is 0 Å². The predicted molar refractivity (Wildman–Crippen MR) is 60.3 cm³/mol. The Morgan fingerprint density at radius 3 is 2.69 bits per heavy atom. The number of nitrogens with one attached hydrogen (secondary N) is 1.